The van der Waals surface area contributed by atoms with Crippen molar-refractivity contribution in [2.75, 3.05) is 27.4 Å². The minimum Gasteiger partial charge on any atom is -0.391 e. The highest BCUT2D eigenvalue weighted by Crippen LogP contribution is 2.31. The minimum absolute atomic E-state index is 0.0571. The molecule has 0 bridgehead atoms. The molecule has 2 heterocycles. The summed E-state index contributed by atoms with van der Waals surface area (Å²) in [6.45, 7) is 4.50. The Kier molecular flexibility index (Phi) is 15.1. The second-order valence-electron chi connectivity index (χ2n) is 12.3. The lowest BCUT2D eigenvalue weighted by Gasteiger charge is -2.10. The molecule has 292 valence electrons. The number of hydrogen-bond donors (Lipinski definition) is 2. The molecule has 4 aromatic carbocycles. The predicted octanol–water partition coefficient (Wildman–Crippen LogP) is 7.65. The van der Waals surface area contributed by atoms with Crippen LogP contribution in [0.5, 0.6) is 0 Å². The summed E-state index contributed by atoms with van der Waals surface area (Å²) in [6, 6.07) is 25.2. The number of benzene rings is 4. The molecule has 17 heteroatoms. The molecular weight excluding hydrogens is 730 g/mol. The summed E-state index contributed by atoms with van der Waals surface area (Å²) in [5.41, 5.74) is 3.68. The maximum Gasteiger partial charge on any atom is 0.416 e. The van der Waals surface area contributed by atoms with Crippen LogP contribution < -0.4 is 0 Å². The van der Waals surface area contributed by atoms with Crippen molar-refractivity contribution in [3.05, 3.63) is 130 Å². The molecule has 0 radical (unpaired) electrons. The largest absolute Gasteiger partial charge is 0.416 e. The van der Waals surface area contributed by atoms with Crippen molar-refractivity contribution in [3.8, 4) is 22.8 Å². The second kappa shape index (κ2) is 19.7. The zero-order valence-electron chi connectivity index (χ0n) is 30.4. The van der Waals surface area contributed by atoms with Crippen LogP contribution in [-0.2, 0) is 34.7 Å². The number of nitrogens with one attached hydrogen (secondary N) is 1. The van der Waals surface area contributed by atoms with E-state index in [1.807, 2.05) is 55.5 Å². The summed E-state index contributed by atoms with van der Waals surface area (Å²) in [4.78, 5) is 1.49. The lowest BCUT2D eigenvalue weighted by Crippen LogP contribution is -2.14. The van der Waals surface area contributed by atoms with Gasteiger partial charge in [0.25, 0.3) is 0 Å². The molecule has 0 amide bonds. The molecule has 2 atom stereocenters. The summed E-state index contributed by atoms with van der Waals surface area (Å²) in [6.07, 6.45) is -8.02. The first-order chi connectivity index (χ1) is 26.2. The van der Waals surface area contributed by atoms with E-state index in [0.29, 0.717) is 37.7 Å². The normalized spacial score (nSPS) is 12.6. The third-order valence-corrected chi connectivity index (χ3v) is 7.85. The van der Waals surface area contributed by atoms with Gasteiger partial charge in [-0.25, -0.2) is 0 Å². The zero-order valence-corrected chi connectivity index (χ0v) is 30.4. The van der Waals surface area contributed by atoms with E-state index < -0.39 is 23.5 Å². The average Bonchev–Trinajstić information content (AvgIpc) is 3.87. The molecule has 0 saturated carbocycles. The summed E-state index contributed by atoms with van der Waals surface area (Å²) < 4.78 is 85.5. The van der Waals surface area contributed by atoms with Crippen LogP contribution in [0.15, 0.2) is 97.1 Å². The van der Waals surface area contributed by atoms with Crippen LogP contribution in [0.25, 0.3) is 22.8 Å². The highest BCUT2D eigenvalue weighted by molar-refractivity contribution is 5.61. The summed E-state index contributed by atoms with van der Waals surface area (Å²) in [5, 5.41) is 34.8. The summed E-state index contributed by atoms with van der Waals surface area (Å²) >= 11 is 0. The molecule has 0 saturated heterocycles. The van der Waals surface area contributed by atoms with Crippen molar-refractivity contribution in [2.24, 2.45) is 0 Å². The van der Waals surface area contributed by atoms with E-state index in [-0.39, 0.29) is 12.1 Å². The van der Waals surface area contributed by atoms with Gasteiger partial charge < -0.3 is 14.6 Å². The van der Waals surface area contributed by atoms with E-state index in [0.717, 1.165) is 57.6 Å². The molecule has 0 fully saturated rings. The maximum atomic E-state index is 12.7. The van der Waals surface area contributed by atoms with Gasteiger partial charge in [0.2, 0.25) is 11.6 Å². The van der Waals surface area contributed by atoms with Crippen molar-refractivity contribution in [2.45, 2.75) is 51.2 Å². The van der Waals surface area contributed by atoms with Crippen LogP contribution in [0.3, 0.4) is 0 Å². The van der Waals surface area contributed by atoms with Gasteiger partial charge >= 0.3 is 12.4 Å². The molecule has 0 aliphatic heterocycles. The molecule has 11 nitrogen and oxygen atoms in total. The van der Waals surface area contributed by atoms with Crippen molar-refractivity contribution in [3.63, 3.8) is 0 Å². The number of rotatable bonds is 11. The summed E-state index contributed by atoms with van der Waals surface area (Å²) in [7, 11) is 3.17. The molecule has 0 spiro atoms. The van der Waals surface area contributed by atoms with Gasteiger partial charge in [-0.05, 0) is 83.6 Å². The quantitative estimate of drug-likeness (QED) is 0.127. The number of aromatic nitrogens is 8. The average molecular weight is 771 g/mol. The van der Waals surface area contributed by atoms with E-state index in [1.54, 1.807) is 21.1 Å². The van der Waals surface area contributed by atoms with Crippen LogP contribution in [0.2, 0.25) is 0 Å². The Morgan fingerprint density at radius 2 is 1.13 bits per heavy atom. The monoisotopic (exact) mass is 770 g/mol. The number of H-pyrrole nitrogens is 1. The third-order valence-electron chi connectivity index (χ3n) is 7.85. The first-order valence-electron chi connectivity index (χ1n) is 16.9. The predicted molar refractivity (Wildman–Crippen MR) is 192 cm³/mol. The third kappa shape index (κ3) is 12.8. The molecule has 6 rings (SSSR count). The smallest absolute Gasteiger partial charge is 0.391 e. The molecule has 2 aromatic heterocycles. The van der Waals surface area contributed by atoms with Gasteiger partial charge in [-0.15, -0.1) is 20.4 Å². The van der Waals surface area contributed by atoms with E-state index in [4.69, 9.17) is 9.84 Å². The number of methoxy groups -OCH3 is 2. The van der Waals surface area contributed by atoms with Crippen molar-refractivity contribution in [1.29, 1.82) is 0 Å². The summed E-state index contributed by atoms with van der Waals surface area (Å²) in [5.74, 6) is 0.933. The SMILES string of the molecule is COCC(C)O.COCC(C)n1nnc(-c2ccccc2Cc2ccc(C(F)(F)F)cc2)n1.FC(F)(F)c1ccc(Cc2ccccc2-c2nn[nH]n2)cc1. The minimum atomic E-state index is -4.34. The number of ether oxygens (including phenoxy) is 2. The maximum absolute atomic E-state index is 12.7. The zero-order chi connectivity index (χ0) is 40.0. The van der Waals surface area contributed by atoms with Crippen molar-refractivity contribution >= 4 is 0 Å². The highest BCUT2D eigenvalue weighted by Gasteiger charge is 2.30. The molecule has 6 aromatic rings. The number of nitrogens with zero attached hydrogens (tertiary/aromatic N) is 7. The van der Waals surface area contributed by atoms with Gasteiger partial charge in [-0.3, -0.25) is 0 Å². The van der Waals surface area contributed by atoms with Crippen LogP contribution in [0.4, 0.5) is 26.3 Å². The fourth-order valence-electron chi connectivity index (χ4n) is 5.19. The van der Waals surface area contributed by atoms with Gasteiger partial charge in [-0.2, -0.15) is 36.4 Å². The van der Waals surface area contributed by atoms with Gasteiger partial charge in [0.05, 0.1) is 36.5 Å². The lowest BCUT2D eigenvalue weighted by atomic mass is 9.98. The Morgan fingerprint density at radius 1 is 0.655 bits per heavy atom. The van der Waals surface area contributed by atoms with Crippen LogP contribution in [-0.4, -0.2) is 79.5 Å². The Balaban J connectivity index is 0.000000216. The highest BCUT2D eigenvalue weighted by atomic mass is 19.4. The van der Waals surface area contributed by atoms with Gasteiger partial charge in [0, 0.05) is 25.3 Å². The molecule has 0 aliphatic carbocycles. The topological polar surface area (TPSA) is 137 Å². The number of tetrazole rings is 2. The Hall–Kier alpha value is -5.52. The standard InChI is InChI=1S/C19H19F3N4O.C15H11F3N4.C4H10O2/c1-13(12-27-2)26-24-18(23-25-26)17-6-4-3-5-15(17)11-14-7-9-16(10-8-14)19(20,21)22;16-15(17,18)12-7-5-10(6-8-12)9-11-3-1-2-4-13(11)14-19-21-22-20-14;1-4(5)3-6-2/h3-10,13H,11-12H2,1-2H3;1-8H,9H2,(H,19,20,21,22);4-5H,3H2,1-2H3. The lowest BCUT2D eigenvalue weighted by molar-refractivity contribution is -0.138. The Bertz CT molecular complexity index is 2020. The number of alkyl halides is 6. The van der Waals surface area contributed by atoms with E-state index in [9.17, 15) is 26.3 Å². The first kappa shape index (κ1) is 42.2. The van der Waals surface area contributed by atoms with Crippen LogP contribution >= 0.6 is 0 Å². The van der Waals surface area contributed by atoms with Crippen LogP contribution in [0, 0.1) is 0 Å². The number of hydrogen-bond acceptors (Lipinski definition) is 9. The number of halogens is 6. The number of aliphatic hydroxyl groups is 1. The number of aliphatic hydroxyl groups excluding tert-OH is 1. The fourth-order valence-corrected chi connectivity index (χ4v) is 5.19. The van der Waals surface area contributed by atoms with Gasteiger partial charge in [-0.1, -0.05) is 72.8 Å². The van der Waals surface area contributed by atoms with Crippen molar-refractivity contribution in [1.82, 2.24) is 40.8 Å². The molecule has 55 heavy (non-hydrogen) atoms. The van der Waals surface area contributed by atoms with Gasteiger partial charge in [0.15, 0.2) is 0 Å². The van der Waals surface area contributed by atoms with E-state index >= 15 is 0 Å². The Labute approximate surface area is 313 Å². The van der Waals surface area contributed by atoms with Gasteiger partial charge in [0.1, 0.15) is 0 Å². The van der Waals surface area contributed by atoms with E-state index in [1.165, 1.54) is 29.1 Å². The molecule has 2 N–H and O–H groups in total. The second-order valence-corrected chi connectivity index (χ2v) is 12.3. The molecular formula is C38H40F6N8O3. The Morgan fingerprint density at radius 3 is 1.53 bits per heavy atom. The van der Waals surface area contributed by atoms with Crippen LogP contribution in [0.1, 0.15) is 53.3 Å². The number of aromatic amines is 1. The van der Waals surface area contributed by atoms with Crippen molar-refractivity contribution < 1.29 is 40.9 Å². The molecule has 2 unspecified atom stereocenters. The fraction of sp³-hybridized carbons (Fsp3) is 0.316. The van der Waals surface area contributed by atoms with E-state index in [2.05, 4.69) is 40.8 Å². The molecule has 0 aliphatic rings. The first-order valence-corrected chi connectivity index (χ1v) is 16.9.